The maximum atomic E-state index is 10.4. The van der Waals surface area contributed by atoms with Gasteiger partial charge < -0.3 is 19.7 Å². The standard InChI is InChI=1S/C15H16O4/c1-18-10-7-8-12(14(9-10)19-2)15(17)11-5-3-4-6-13(11)16/h3-9,15-17H,1-2H3. The van der Waals surface area contributed by atoms with E-state index in [0.717, 1.165) is 0 Å². The molecule has 0 saturated heterocycles. The molecule has 2 rings (SSSR count). The zero-order valence-corrected chi connectivity index (χ0v) is 10.8. The van der Waals surface area contributed by atoms with Crippen molar-refractivity contribution in [3.05, 3.63) is 53.6 Å². The van der Waals surface area contributed by atoms with E-state index in [4.69, 9.17) is 9.47 Å². The number of hydrogen-bond acceptors (Lipinski definition) is 4. The van der Waals surface area contributed by atoms with Gasteiger partial charge in [0.2, 0.25) is 0 Å². The highest BCUT2D eigenvalue weighted by atomic mass is 16.5. The smallest absolute Gasteiger partial charge is 0.128 e. The Labute approximate surface area is 111 Å². The lowest BCUT2D eigenvalue weighted by Gasteiger charge is -2.16. The first-order chi connectivity index (χ1) is 9.17. The van der Waals surface area contributed by atoms with Crippen molar-refractivity contribution in [2.75, 3.05) is 14.2 Å². The number of aliphatic hydroxyl groups is 1. The zero-order valence-electron chi connectivity index (χ0n) is 10.8. The molecule has 0 radical (unpaired) electrons. The molecule has 4 heteroatoms. The average molecular weight is 260 g/mol. The number of rotatable bonds is 4. The molecule has 0 aliphatic rings. The third-order valence-corrected chi connectivity index (χ3v) is 2.97. The van der Waals surface area contributed by atoms with Crippen LogP contribution in [0.1, 0.15) is 17.2 Å². The molecule has 0 aliphatic heterocycles. The van der Waals surface area contributed by atoms with Gasteiger partial charge in [0.1, 0.15) is 23.4 Å². The lowest BCUT2D eigenvalue weighted by molar-refractivity contribution is 0.210. The lowest BCUT2D eigenvalue weighted by atomic mass is 9.99. The van der Waals surface area contributed by atoms with E-state index in [1.807, 2.05) is 0 Å². The van der Waals surface area contributed by atoms with Crippen molar-refractivity contribution in [1.82, 2.24) is 0 Å². The minimum absolute atomic E-state index is 0.0490. The SMILES string of the molecule is COc1ccc(C(O)c2ccccc2O)c(OC)c1. The Hall–Kier alpha value is -2.20. The average Bonchev–Trinajstić information content (AvgIpc) is 2.46. The van der Waals surface area contributed by atoms with Crippen molar-refractivity contribution in [2.24, 2.45) is 0 Å². The van der Waals surface area contributed by atoms with Crippen LogP contribution in [0.4, 0.5) is 0 Å². The zero-order chi connectivity index (χ0) is 13.8. The van der Waals surface area contributed by atoms with E-state index >= 15 is 0 Å². The number of hydrogen-bond donors (Lipinski definition) is 2. The molecule has 1 unspecified atom stereocenters. The van der Waals surface area contributed by atoms with Crippen molar-refractivity contribution in [3.8, 4) is 17.2 Å². The fourth-order valence-electron chi connectivity index (χ4n) is 1.93. The van der Waals surface area contributed by atoms with Gasteiger partial charge in [-0.15, -0.1) is 0 Å². The van der Waals surface area contributed by atoms with Gasteiger partial charge in [0.15, 0.2) is 0 Å². The second-order valence-electron chi connectivity index (χ2n) is 4.07. The molecule has 0 amide bonds. The number of phenolic OH excluding ortho intramolecular Hbond substituents is 1. The van der Waals surface area contributed by atoms with E-state index < -0.39 is 6.10 Å². The summed E-state index contributed by atoms with van der Waals surface area (Å²) in [6, 6.07) is 11.8. The maximum Gasteiger partial charge on any atom is 0.128 e. The fourth-order valence-corrected chi connectivity index (χ4v) is 1.93. The predicted octanol–water partition coefficient (Wildman–Crippen LogP) is 2.49. The Kier molecular flexibility index (Phi) is 3.92. The Morgan fingerprint density at radius 2 is 1.68 bits per heavy atom. The maximum absolute atomic E-state index is 10.4. The highest BCUT2D eigenvalue weighted by Gasteiger charge is 2.18. The molecule has 2 aromatic carbocycles. The van der Waals surface area contributed by atoms with Crippen LogP contribution >= 0.6 is 0 Å². The molecule has 0 bridgehead atoms. The Balaban J connectivity index is 2.44. The minimum Gasteiger partial charge on any atom is -0.508 e. The summed E-state index contributed by atoms with van der Waals surface area (Å²) in [6.45, 7) is 0. The quantitative estimate of drug-likeness (QED) is 0.886. The van der Waals surface area contributed by atoms with Crippen LogP contribution < -0.4 is 9.47 Å². The Morgan fingerprint density at radius 1 is 0.947 bits per heavy atom. The summed E-state index contributed by atoms with van der Waals surface area (Å²) in [6.07, 6.45) is -0.956. The number of para-hydroxylation sites is 1. The Bertz CT molecular complexity index is 566. The second-order valence-corrected chi connectivity index (χ2v) is 4.07. The van der Waals surface area contributed by atoms with Crippen LogP contribution in [-0.2, 0) is 0 Å². The first kappa shape index (κ1) is 13.2. The summed E-state index contributed by atoms with van der Waals surface area (Å²) in [7, 11) is 3.09. The normalized spacial score (nSPS) is 11.9. The van der Waals surface area contributed by atoms with E-state index in [-0.39, 0.29) is 5.75 Å². The van der Waals surface area contributed by atoms with Gasteiger partial charge in [0.25, 0.3) is 0 Å². The third kappa shape index (κ3) is 2.63. The van der Waals surface area contributed by atoms with Gasteiger partial charge in [-0.1, -0.05) is 18.2 Å². The largest absolute Gasteiger partial charge is 0.508 e. The lowest BCUT2D eigenvalue weighted by Crippen LogP contribution is -2.03. The van der Waals surface area contributed by atoms with E-state index in [2.05, 4.69) is 0 Å². The number of aliphatic hydroxyl groups excluding tert-OH is 1. The van der Waals surface area contributed by atoms with Crippen molar-refractivity contribution in [1.29, 1.82) is 0 Å². The molecule has 2 N–H and O–H groups in total. The van der Waals surface area contributed by atoms with Crippen LogP contribution in [-0.4, -0.2) is 24.4 Å². The van der Waals surface area contributed by atoms with Crippen molar-refractivity contribution in [2.45, 2.75) is 6.10 Å². The van der Waals surface area contributed by atoms with Gasteiger partial charge in [-0.3, -0.25) is 0 Å². The van der Waals surface area contributed by atoms with Crippen LogP contribution in [0.5, 0.6) is 17.2 Å². The first-order valence-corrected chi connectivity index (χ1v) is 5.85. The van der Waals surface area contributed by atoms with E-state index in [9.17, 15) is 10.2 Å². The number of aromatic hydroxyl groups is 1. The van der Waals surface area contributed by atoms with Crippen LogP contribution in [0.3, 0.4) is 0 Å². The van der Waals surface area contributed by atoms with Crippen molar-refractivity contribution >= 4 is 0 Å². The van der Waals surface area contributed by atoms with Gasteiger partial charge in [0.05, 0.1) is 14.2 Å². The molecule has 100 valence electrons. The molecule has 1 atom stereocenters. The van der Waals surface area contributed by atoms with Gasteiger partial charge >= 0.3 is 0 Å². The summed E-state index contributed by atoms with van der Waals surface area (Å²) >= 11 is 0. The van der Waals surface area contributed by atoms with Gasteiger partial charge in [-0.2, -0.15) is 0 Å². The Morgan fingerprint density at radius 3 is 2.32 bits per heavy atom. The molecule has 0 fully saturated rings. The van der Waals surface area contributed by atoms with E-state index in [1.165, 1.54) is 13.2 Å². The molecular weight excluding hydrogens is 244 g/mol. The van der Waals surface area contributed by atoms with Crippen LogP contribution in [0.15, 0.2) is 42.5 Å². The van der Waals surface area contributed by atoms with Crippen LogP contribution in [0.25, 0.3) is 0 Å². The number of methoxy groups -OCH3 is 2. The molecule has 0 spiro atoms. The predicted molar refractivity (Wildman–Crippen MR) is 71.7 cm³/mol. The molecule has 0 aliphatic carbocycles. The third-order valence-electron chi connectivity index (χ3n) is 2.97. The highest BCUT2D eigenvalue weighted by Crippen LogP contribution is 2.35. The monoisotopic (exact) mass is 260 g/mol. The van der Waals surface area contributed by atoms with Gasteiger partial charge in [-0.25, -0.2) is 0 Å². The second kappa shape index (κ2) is 5.63. The summed E-state index contributed by atoms with van der Waals surface area (Å²) < 4.78 is 10.4. The summed E-state index contributed by atoms with van der Waals surface area (Å²) in [5.41, 5.74) is 1.01. The molecule has 0 aromatic heterocycles. The molecule has 0 heterocycles. The number of phenols is 1. The van der Waals surface area contributed by atoms with Crippen LogP contribution in [0, 0.1) is 0 Å². The number of ether oxygens (including phenoxy) is 2. The van der Waals surface area contributed by atoms with E-state index in [0.29, 0.717) is 22.6 Å². The van der Waals surface area contributed by atoms with Gasteiger partial charge in [-0.05, 0) is 18.2 Å². The molecule has 19 heavy (non-hydrogen) atoms. The van der Waals surface area contributed by atoms with Crippen LogP contribution in [0.2, 0.25) is 0 Å². The highest BCUT2D eigenvalue weighted by molar-refractivity contribution is 5.47. The van der Waals surface area contributed by atoms with Crippen molar-refractivity contribution < 1.29 is 19.7 Å². The fraction of sp³-hybridized carbons (Fsp3) is 0.200. The molecule has 2 aromatic rings. The summed E-state index contributed by atoms with van der Waals surface area (Å²) in [4.78, 5) is 0. The topological polar surface area (TPSA) is 58.9 Å². The van der Waals surface area contributed by atoms with Crippen molar-refractivity contribution in [3.63, 3.8) is 0 Å². The van der Waals surface area contributed by atoms with Gasteiger partial charge in [0, 0.05) is 17.2 Å². The van der Waals surface area contributed by atoms with E-state index in [1.54, 1.807) is 43.5 Å². The molecular formula is C15H16O4. The molecule has 4 nitrogen and oxygen atoms in total. The first-order valence-electron chi connectivity index (χ1n) is 5.85. The number of benzene rings is 2. The summed E-state index contributed by atoms with van der Waals surface area (Å²) in [5.74, 6) is 1.20. The minimum atomic E-state index is -0.956. The summed E-state index contributed by atoms with van der Waals surface area (Å²) in [5, 5.41) is 20.1. The molecule has 0 saturated carbocycles.